The van der Waals surface area contributed by atoms with E-state index in [0.29, 0.717) is 18.2 Å². The third-order valence-electron chi connectivity index (χ3n) is 3.75. The van der Waals surface area contributed by atoms with Crippen molar-refractivity contribution < 1.29 is 4.74 Å². The second kappa shape index (κ2) is 8.06. The standard InChI is InChI=1S/C14H30N2O/c1-5-6-7-8-16(12(2)3)11-13-9-14(17-4)10-15-13/h12-15H,5-11H2,1-4H3. The van der Waals surface area contributed by atoms with Gasteiger partial charge in [0.2, 0.25) is 0 Å². The minimum absolute atomic E-state index is 0.421. The minimum Gasteiger partial charge on any atom is -0.380 e. The number of unbranched alkanes of at least 4 members (excludes halogenated alkanes) is 2. The Kier molecular flexibility index (Phi) is 7.09. The fourth-order valence-electron chi connectivity index (χ4n) is 2.51. The number of rotatable bonds is 8. The Morgan fingerprint density at radius 3 is 2.65 bits per heavy atom. The highest BCUT2D eigenvalue weighted by molar-refractivity contribution is 4.85. The van der Waals surface area contributed by atoms with Crippen molar-refractivity contribution in [3.63, 3.8) is 0 Å². The summed E-state index contributed by atoms with van der Waals surface area (Å²) in [5.74, 6) is 0. The highest BCUT2D eigenvalue weighted by Gasteiger charge is 2.25. The molecule has 2 unspecified atom stereocenters. The summed E-state index contributed by atoms with van der Waals surface area (Å²) in [5, 5.41) is 3.57. The molecule has 0 aromatic carbocycles. The molecule has 2 atom stereocenters. The van der Waals surface area contributed by atoms with Crippen molar-refractivity contribution in [2.24, 2.45) is 0 Å². The molecule has 0 radical (unpaired) electrons. The van der Waals surface area contributed by atoms with Crippen LogP contribution in [-0.2, 0) is 4.74 Å². The van der Waals surface area contributed by atoms with Crippen LogP contribution >= 0.6 is 0 Å². The molecule has 1 rings (SSSR count). The summed E-state index contributed by atoms with van der Waals surface area (Å²) in [6, 6.07) is 1.26. The van der Waals surface area contributed by atoms with Crippen molar-refractivity contribution in [2.75, 3.05) is 26.7 Å². The lowest BCUT2D eigenvalue weighted by Gasteiger charge is -2.29. The van der Waals surface area contributed by atoms with Crippen LogP contribution in [0.1, 0.15) is 46.5 Å². The highest BCUT2D eigenvalue weighted by Crippen LogP contribution is 2.13. The van der Waals surface area contributed by atoms with Gasteiger partial charge < -0.3 is 10.1 Å². The molecule has 0 aromatic rings. The van der Waals surface area contributed by atoms with Crippen molar-refractivity contribution in [3.05, 3.63) is 0 Å². The quantitative estimate of drug-likeness (QED) is 0.661. The summed E-state index contributed by atoms with van der Waals surface area (Å²) < 4.78 is 5.40. The van der Waals surface area contributed by atoms with Crippen molar-refractivity contribution in [1.82, 2.24) is 10.2 Å². The molecule has 1 aliphatic rings. The first-order valence-corrected chi connectivity index (χ1v) is 7.17. The molecule has 0 spiro atoms. The number of nitrogens with zero attached hydrogens (tertiary/aromatic N) is 1. The number of methoxy groups -OCH3 is 1. The molecular formula is C14H30N2O. The van der Waals surface area contributed by atoms with Crippen LogP contribution in [0.5, 0.6) is 0 Å². The average Bonchev–Trinajstić information content (AvgIpc) is 2.75. The largest absolute Gasteiger partial charge is 0.380 e. The van der Waals surface area contributed by atoms with Gasteiger partial charge in [0.15, 0.2) is 0 Å². The monoisotopic (exact) mass is 242 g/mol. The predicted octanol–water partition coefficient (Wildman–Crippen LogP) is 2.26. The van der Waals surface area contributed by atoms with E-state index in [1.54, 1.807) is 0 Å². The second-order valence-corrected chi connectivity index (χ2v) is 5.49. The minimum atomic E-state index is 0.421. The molecule has 3 heteroatoms. The molecule has 17 heavy (non-hydrogen) atoms. The van der Waals surface area contributed by atoms with Crippen LogP contribution in [0.4, 0.5) is 0 Å². The maximum atomic E-state index is 5.40. The molecular weight excluding hydrogens is 212 g/mol. The molecule has 1 aliphatic heterocycles. The molecule has 3 nitrogen and oxygen atoms in total. The Balaban J connectivity index is 2.28. The van der Waals surface area contributed by atoms with Crippen molar-refractivity contribution in [2.45, 2.75) is 64.6 Å². The summed E-state index contributed by atoms with van der Waals surface area (Å²) in [7, 11) is 1.82. The Hall–Kier alpha value is -0.120. The van der Waals surface area contributed by atoms with E-state index < -0.39 is 0 Å². The van der Waals surface area contributed by atoms with E-state index in [2.05, 4.69) is 31.0 Å². The first-order valence-electron chi connectivity index (χ1n) is 7.17. The summed E-state index contributed by atoms with van der Waals surface area (Å²) in [4.78, 5) is 2.60. The van der Waals surface area contributed by atoms with E-state index in [4.69, 9.17) is 4.74 Å². The van der Waals surface area contributed by atoms with Crippen LogP contribution in [0.15, 0.2) is 0 Å². The van der Waals surface area contributed by atoms with Crippen LogP contribution < -0.4 is 5.32 Å². The highest BCUT2D eigenvalue weighted by atomic mass is 16.5. The van der Waals surface area contributed by atoms with Gasteiger partial charge in [-0.05, 0) is 33.2 Å². The van der Waals surface area contributed by atoms with Crippen molar-refractivity contribution >= 4 is 0 Å². The van der Waals surface area contributed by atoms with E-state index in [9.17, 15) is 0 Å². The molecule has 0 bridgehead atoms. The van der Waals surface area contributed by atoms with Gasteiger partial charge in [0.05, 0.1) is 6.10 Å². The van der Waals surface area contributed by atoms with E-state index in [1.807, 2.05) is 7.11 Å². The fraction of sp³-hybridized carbons (Fsp3) is 1.00. The van der Waals surface area contributed by atoms with Crippen LogP contribution in [-0.4, -0.2) is 49.8 Å². The lowest BCUT2D eigenvalue weighted by molar-refractivity contribution is 0.114. The third-order valence-corrected chi connectivity index (χ3v) is 3.75. The van der Waals surface area contributed by atoms with Crippen LogP contribution in [0.2, 0.25) is 0 Å². The van der Waals surface area contributed by atoms with Gasteiger partial charge in [-0.3, -0.25) is 4.90 Å². The molecule has 0 aromatic heterocycles. The van der Waals surface area contributed by atoms with Gasteiger partial charge in [0, 0.05) is 32.3 Å². The van der Waals surface area contributed by atoms with E-state index in [-0.39, 0.29) is 0 Å². The lowest BCUT2D eigenvalue weighted by Crippen LogP contribution is -2.41. The number of nitrogens with one attached hydrogen (secondary N) is 1. The Bertz CT molecular complexity index is 197. The molecule has 1 N–H and O–H groups in total. The zero-order chi connectivity index (χ0) is 12.7. The van der Waals surface area contributed by atoms with Gasteiger partial charge in [-0.15, -0.1) is 0 Å². The summed E-state index contributed by atoms with van der Waals surface area (Å²) >= 11 is 0. The number of hydrogen-bond donors (Lipinski definition) is 1. The van der Waals surface area contributed by atoms with Gasteiger partial charge in [-0.1, -0.05) is 19.8 Å². The van der Waals surface area contributed by atoms with E-state index >= 15 is 0 Å². The van der Waals surface area contributed by atoms with E-state index in [0.717, 1.165) is 13.0 Å². The number of hydrogen-bond acceptors (Lipinski definition) is 3. The smallest absolute Gasteiger partial charge is 0.0711 e. The molecule has 1 fully saturated rings. The molecule has 0 aliphatic carbocycles. The Morgan fingerprint density at radius 2 is 2.12 bits per heavy atom. The van der Waals surface area contributed by atoms with Gasteiger partial charge >= 0.3 is 0 Å². The molecule has 0 saturated carbocycles. The summed E-state index contributed by atoms with van der Waals surface area (Å²) in [5.41, 5.74) is 0. The maximum Gasteiger partial charge on any atom is 0.0711 e. The molecule has 1 heterocycles. The second-order valence-electron chi connectivity index (χ2n) is 5.49. The van der Waals surface area contributed by atoms with Crippen molar-refractivity contribution in [3.8, 4) is 0 Å². The number of ether oxygens (including phenoxy) is 1. The fourth-order valence-corrected chi connectivity index (χ4v) is 2.51. The third kappa shape index (κ3) is 5.36. The predicted molar refractivity (Wildman–Crippen MR) is 73.4 cm³/mol. The maximum absolute atomic E-state index is 5.40. The Morgan fingerprint density at radius 1 is 1.35 bits per heavy atom. The van der Waals surface area contributed by atoms with Gasteiger partial charge in [0.1, 0.15) is 0 Å². The molecule has 1 saturated heterocycles. The molecule has 0 amide bonds. The first-order chi connectivity index (χ1) is 8.17. The van der Waals surface area contributed by atoms with Gasteiger partial charge in [0.25, 0.3) is 0 Å². The SMILES string of the molecule is CCCCCN(CC1CC(OC)CN1)C(C)C. The lowest BCUT2D eigenvalue weighted by atomic mass is 10.1. The van der Waals surface area contributed by atoms with Crippen LogP contribution in [0.25, 0.3) is 0 Å². The topological polar surface area (TPSA) is 24.5 Å². The summed E-state index contributed by atoms with van der Waals surface area (Å²) in [6.07, 6.45) is 5.56. The first kappa shape index (κ1) is 14.9. The zero-order valence-electron chi connectivity index (χ0n) is 12.0. The van der Waals surface area contributed by atoms with E-state index in [1.165, 1.54) is 32.4 Å². The van der Waals surface area contributed by atoms with Gasteiger partial charge in [-0.25, -0.2) is 0 Å². The Labute approximate surface area is 107 Å². The van der Waals surface area contributed by atoms with Gasteiger partial charge in [-0.2, -0.15) is 0 Å². The van der Waals surface area contributed by atoms with Crippen LogP contribution in [0, 0.1) is 0 Å². The average molecular weight is 242 g/mol. The molecule has 102 valence electrons. The normalized spacial score (nSPS) is 25.1. The van der Waals surface area contributed by atoms with Crippen LogP contribution in [0.3, 0.4) is 0 Å². The zero-order valence-corrected chi connectivity index (χ0v) is 12.0. The van der Waals surface area contributed by atoms with Crippen molar-refractivity contribution in [1.29, 1.82) is 0 Å². The summed E-state index contributed by atoms with van der Waals surface area (Å²) in [6.45, 7) is 10.3.